The molecule has 1 aromatic heterocycles. The molecule has 9 nitrogen and oxygen atoms in total. The highest BCUT2D eigenvalue weighted by Gasteiger charge is 2.36. The van der Waals surface area contributed by atoms with Crippen LogP contribution in [-0.2, 0) is 4.79 Å². The highest BCUT2D eigenvalue weighted by molar-refractivity contribution is 6.32. The molecule has 0 fully saturated rings. The summed E-state index contributed by atoms with van der Waals surface area (Å²) in [6.45, 7) is 1.31. The molecule has 1 amide bonds. The molecule has 0 bridgehead atoms. The number of aliphatic hydroxyl groups is 2. The maximum Gasteiger partial charge on any atom is 0.234 e. The van der Waals surface area contributed by atoms with Crippen LogP contribution in [0.4, 0.5) is 10.3 Å². The van der Waals surface area contributed by atoms with Gasteiger partial charge in [0.05, 0.1) is 43.2 Å². The molecule has 1 aliphatic rings. The van der Waals surface area contributed by atoms with Crippen LogP contribution in [0.1, 0.15) is 41.9 Å². The maximum absolute atomic E-state index is 13.9. The van der Waals surface area contributed by atoms with Crippen molar-refractivity contribution in [3.63, 3.8) is 0 Å². The fourth-order valence-electron chi connectivity index (χ4n) is 4.35. The van der Waals surface area contributed by atoms with Gasteiger partial charge in [-0.05, 0) is 36.2 Å². The minimum Gasteiger partial charge on any atom is -0.497 e. The number of nitrogens with one attached hydrogen (secondary N) is 2. The Bertz CT molecular complexity index is 1280. The van der Waals surface area contributed by atoms with Crippen molar-refractivity contribution in [2.75, 3.05) is 32.6 Å². The predicted octanol–water partition coefficient (Wildman–Crippen LogP) is 3.20. The Balaban J connectivity index is 1.52. The molecule has 0 saturated heterocycles. The molecule has 1 aliphatic heterocycles. The number of methoxy groups -OCH3 is 1. The SMILES string of the molecule is CNc1ncc(Cl)c(-c2ccc3c(c2)C(O)N(CC(=O)N[C@H](CO)c2cc(F)cc(OC)c2)[C@@H]3C)n1. The first kappa shape index (κ1) is 25.8. The zero-order valence-corrected chi connectivity index (χ0v) is 20.8. The minimum absolute atomic E-state index is 0.145. The summed E-state index contributed by atoms with van der Waals surface area (Å²) in [4.78, 5) is 23.0. The summed E-state index contributed by atoms with van der Waals surface area (Å²) in [6.07, 6.45) is 0.455. The minimum atomic E-state index is -1.05. The zero-order valence-electron chi connectivity index (χ0n) is 20.0. The molecule has 1 unspecified atom stereocenters. The van der Waals surface area contributed by atoms with Gasteiger partial charge in [0.25, 0.3) is 0 Å². The lowest BCUT2D eigenvalue weighted by molar-refractivity contribution is -0.127. The van der Waals surface area contributed by atoms with Crippen molar-refractivity contribution in [1.29, 1.82) is 0 Å². The van der Waals surface area contributed by atoms with Crippen molar-refractivity contribution in [3.8, 4) is 17.0 Å². The molecule has 4 N–H and O–H groups in total. The number of aliphatic hydroxyl groups excluding tert-OH is 2. The van der Waals surface area contributed by atoms with E-state index < -0.39 is 30.6 Å². The molecule has 11 heteroatoms. The lowest BCUT2D eigenvalue weighted by Gasteiger charge is -2.26. The molecule has 0 radical (unpaired) electrons. The number of hydrogen-bond donors (Lipinski definition) is 4. The largest absolute Gasteiger partial charge is 0.497 e. The first-order valence-corrected chi connectivity index (χ1v) is 11.7. The fourth-order valence-corrected chi connectivity index (χ4v) is 4.55. The van der Waals surface area contributed by atoms with Gasteiger partial charge in [-0.3, -0.25) is 9.69 Å². The number of carbonyl (C=O) groups is 1. The lowest BCUT2D eigenvalue weighted by Crippen LogP contribution is -2.40. The molecular weight excluding hydrogens is 489 g/mol. The molecule has 2 heterocycles. The van der Waals surface area contributed by atoms with Crippen molar-refractivity contribution in [3.05, 3.63) is 70.1 Å². The second-order valence-electron chi connectivity index (χ2n) is 8.43. The van der Waals surface area contributed by atoms with Crippen LogP contribution >= 0.6 is 11.6 Å². The van der Waals surface area contributed by atoms with Gasteiger partial charge in [0.15, 0.2) is 0 Å². The average Bonchev–Trinajstić information content (AvgIpc) is 3.11. The van der Waals surface area contributed by atoms with Gasteiger partial charge >= 0.3 is 0 Å². The Morgan fingerprint density at radius 1 is 1.28 bits per heavy atom. The number of fused-ring (bicyclic) bond motifs is 1. The smallest absolute Gasteiger partial charge is 0.234 e. The van der Waals surface area contributed by atoms with Gasteiger partial charge < -0.3 is 25.6 Å². The van der Waals surface area contributed by atoms with Crippen LogP contribution < -0.4 is 15.4 Å². The van der Waals surface area contributed by atoms with Crippen molar-refractivity contribution in [1.82, 2.24) is 20.2 Å². The van der Waals surface area contributed by atoms with Crippen LogP contribution in [0.25, 0.3) is 11.3 Å². The average molecular weight is 516 g/mol. The van der Waals surface area contributed by atoms with Gasteiger partial charge in [0.1, 0.15) is 17.8 Å². The maximum atomic E-state index is 13.9. The monoisotopic (exact) mass is 515 g/mol. The fraction of sp³-hybridized carbons (Fsp3) is 0.320. The molecule has 3 aromatic rings. The van der Waals surface area contributed by atoms with E-state index in [0.717, 1.165) is 5.56 Å². The molecule has 0 aliphatic carbocycles. The first-order chi connectivity index (χ1) is 17.2. The highest BCUT2D eigenvalue weighted by Crippen LogP contribution is 2.42. The van der Waals surface area contributed by atoms with Gasteiger partial charge in [-0.2, -0.15) is 0 Å². The quantitative estimate of drug-likeness (QED) is 0.361. The second kappa shape index (κ2) is 10.8. The van der Waals surface area contributed by atoms with E-state index in [1.807, 2.05) is 19.1 Å². The summed E-state index contributed by atoms with van der Waals surface area (Å²) < 4.78 is 19.0. The molecule has 2 aromatic carbocycles. The van der Waals surface area contributed by atoms with E-state index in [1.165, 1.54) is 25.4 Å². The van der Waals surface area contributed by atoms with Crippen LogP contribution in [0.3, 0.4) is 0 Å². The number of rotatable bonds is 8. The number of hydrogen-bond acceptors (Lipinski definition) is 8. The number of anilines is 1. The first-order valence-electron chi connectivity index (χ1n) is 11.3. The number of benzene rings is 2. The molecule has 0 spiro atoms. The number of amides is 1. The van der Waals surface area contributed by atoms with Gasteiger partial charge in [-0.15, -0.1) is 0 Å². The Hall–Kier alpha value is -3.31. The van der Waals surface area contributed by atoms with Crippen LogP contribution in [0.5, 0.6) is 5.75 Å². The molecule has 3 atom stereocenters. The molecule has 36 heavy (non-hydrogen) atoms. The van der Waals surface area contributed by atoms with Crippen molar-refractivity contribution in [2.45, 2.75) is 25.2 Å². The topological polar surface area (TPSA) is 120 Å². The summed E-state index contributed by atoms with van der Waals surface area (Å²) in [5.41, 5.74) is 3.10. The number of halogens is 2. The Labute approximate surface area is 212 Å². The normalized spacial score (nSPS) is 18.0. The molecule has 190 valence electrons. The third kappa shape index (κ3) is 5.12. The number of aromatic nitrogens is 2. The van der Waals surface area contributed by atoms with Crippen molar-refractivity contribution in [2.24, 2.45) is 0 Å². The van der Waals surface area contributed by atoms with E-state index in [-0.39, 0.29) is 18.3 Å². The van der Waals surface area contributed by atoms with Crippen LogP contribution in [0.15, 0.2) is 42.6 Å². The van der Waals surface area contributed by atoms with E-state index in [2.05, 4.69) is 20.6 Å². The van der Waals surface area contributed by atoms with E-state index in [4.69, 9.17) is 16.3 Å². The van der Waals surface area contributed by atoms with Crippen LogP contribution in [-0.4, -0.2) is 58.3 Å². The van der Waals surface area contributed by atoms with Crippen molar-refractivity contribution < 1.29 is 24.1 Å². The number of ether oxygens (including phenoxy) is 1. The van der Waals surface area contributed by atoms with E-state index in [0.29, 0.717) is 33.4 Å². The van der Waals surface area contributed by atoms with E-state index in [1.54, 1.807) is 24.1 Å². The van der Waals surface area contributed by atoms with Crippen LogP contribution in [0.2, 0.25) is 5.02 Å². The zero-order chi connectivity index (χ0) is 26.0. The van der Waals surface area contributed by atoms with Gasteiger partial charge in [-0.25, -0.2) is 14.4 Å². The molecule has 4 rings (SSSR count). The third-order valence-electron chi connectivity index (χ3n) is 6.24. The van der Waals surface area contributed by atoms with E-state index >= 15 is 0 Å². The highest BCUT2D eigenvalue weighted by atomic mass is 35.5. The van der Waals surface area contributed by atoms with Crippen LogP contribution in [0, 0.1) is 5.82 Å². The Kier molecular flexibility index (Phi) is 7.70. The Morgan fingerprint density at radius 3 is 2.75 bits per heavy atom. The second-order valence-corrected chi connectivity index (χ2v) is 8.84. The summed E-state index contributed by atoms with van der Waals surface area (Å²) in [5.74, 6) is -0.291. The van der Waals surface area contributed by atoms with Crippen molar-refractivity contribution >= 4 is 23.5 Å². The van der Waals surface area contributed by atoms with Gasteiger partial charge in [0, 0.05) is 30.3 Å². The number of carbonyl (C=O) groups excluding carboxylic acids is 1. The molecule has 0 saturated carbocycles. The van der Waals surface area contributed by atoms with Gasteiger partial charge in [-0.1, -0.05) is 23.7 Å². The third-order valence-corrected chi connectivity index (χ3v) is 6.52. The van der Waals surface area contributed by atoms with E-state index in [9.17, 15) is 19.4 Å². The van der Waals surface area contributed by atoms with Gasteiger partial charge in [0.2, 0.25) is 11.9 Å². The predicted molar refractivity (Wildman–Crippen MR) is 133 cm³/mol. The Morgan fingerprint density at radius 2 is 2.06 bits per heavy atom. The summed E-state index contributed by atoms with van der Waals surface area (Å²) in [7, 11) is 3.11. The molecular formula is C25H27ClFN5O4. The summed E-state index contributed by atoms with van der Waals surface area (Å²) >= 11 is 6.31. The standard InChI is InChI=1S/C25H27ClFN5O4/c1-13-18-5-4-14(23-20(26)10-29-25(28-2)31-23)8-19(18)24(35)32(13)11-22(34)30-21(12-33)15-6-16(27)9-17(7-15)36-3/h4-10,13,21,24,33,35H,11-12H2,1-3H3,(H,30,34)(H,28,29,31)/t13-,21-,24?/m1/s1. The summed E-state index contributed by atoms with van der Waals surface area (Å²) in [6, 6.07) is 8.43. The number of nitrogens with zero attached hydrogens (tertiary/aromatic N) is 3. The summed E-state index contributed by atoms with van der Waals surface area (Å²) in [5, 5.41) is 26.8. The lowest BCUT2D eigenvalue weighted by atomic mass is 10.0.